The lowest BCUT2D eigenvalue weighted by Crippen LogP contribution is -2.32. The molecule has 0 radical (unpaired) electrons. The summed E-state index contributed by atoms with van der Waals surface area (Å²) in [6, 6.07) is 0. The number of carbonyl (C=O) groups excluding carboxylic acids is 2. The van der Waals surface area contributed by atoms with E-state index in [1.165, 1.54) is 19.0 Å². The molecule has 0 unspecified atom stereocenters. The first-order chi connectivity index (χ1) is 6.31. The highest BCUT2D eigenvalue weighted by atomic mass is 19.3. The Kier molecular flexibility index (Phi) is 4.46. The first-order valence-electron chi connectivity index (χ1n) is 3.97. The number of rotatable bonds is 4. The molecule has 0 saturated heterocycles. The molecule has 0 aromatic heterocycles. The van der Waals surface area contributed by atoms with E-state index in [1.807, 2.05) is 0 Å². The van der Waals surface area contributed by atoms with Crippen molar-refractivity contribution in [2.75, 3.05) is 21.2 Å². The lowest BCUT2D eigenvalue weighted by molar-refractivity contribution is -0.170. The fourth-order valence-corrected chi connectivity index (χ4v) is 0.739. The highest BCUT2D eigenvalue weighted by molar-refractivity contribution is 5.80. The van der Waals surface area contributed by atoms with Crippen LogP contribution in [0.1, 0.15) is 12.8 Å². The Morgan fingerprint density at radius 1 is 1.36 bits per heavy atom. The maximum absolute atomic E-state index is 12.8. The van der Waals surface area contributed by atoms with Crippen molar-refractivity contribution in [3.05, 3.63) is 0 Å². The number of methoxy groups -OCH3 is 1. The summed E-state index contributed by atoms with van der Waals surface area (Å²) >= 11 is 0. The zero-order valence-corrected chi connectivity index (χ0v) is 8.34. The van der Waals surface area contributed by atoms with E-state index < -0.39 is 24.2 Å². The van der Waals surface area contributed by atoms with E-state index in [-0.39, 0.29) is 6.42 Å². The Labute approximate surface area is 80.8 Å². The maximum Gasteiger partial charge on any atom is 0.376 e. The third-order valence-electron chi connectivity index (χ3n) is 1.64. The summed E-state index contributed by atoms with van der Waals surface area (Å²) in [7, 11) is 3.79. The minimum absolute atomic E-state index is 0.380. The Morgan fingerprint density at radius 3 is 2.21 bits per heavy atom. The summed E-state index contributed by atoms with van der Waals surface area (Å²) < 4.78 is 29.5. The molecule has 0 aliphatic heterocycles. The minimum atomic E-state index is -3.58. The van der Waals surface area contributed by atoms with Gasteiger partial charge in [-0.1, -0.05) is 0 Å². The number of halogens is 2. The van der Waals surface area contributed by atoms with Crippen LogP contribution in [-0.4, -0.2) is 43.9 Å². The quantitative estimate of drug-likeness (QED) is 0.639. The molecule has 82 valence electrons. The number of hydrogen-bond donors (Lipinski definition) is 0. The zero-order valence-electron chi connectivity index (χ0n) is 8.34. The van der Waals surface area contributed by atoms with Crippen molar-refractivity contribution in [2.24, 2.45) is 0 Å². The van der Waals surface area contributed by atoms with Gasteiger partial charge in [-0.3, -0.25) is 4.79 Å². The van der Waals surface area contributed by atoms with Gasteiger partial charge in [-0.05, 0) is 0 Å². The number of nitrogens with zero attached hydrogens (tertiary/aromatic N) is 1. The average molecular weight is 209 g/mol. The second-order valence-electron chi connectivity index (χ2n) is 2.98. The highest BCUT2D eigenvalue weighted by Gasteiger charge is 2.40. The molecule has 0 bridgehead atoms. The van der Waals surface area contributed by atoms with Crippen molar-refractivity contribution in [1.29, 1.82) is 0 Å². The molecule has 0 atom stereocenters. The maximum atomic E-state index is 12.8. The van der Waals surface area contributed by atoms with Crippen LogP contribution in [0.15, 0.2) is 0 Å². The van der Waals surface area contributed by atoms with Gasteiger partial charge in [0, 0.05) is 26.9 Å². The second kappa shape index (κ2) is 4.88. The molecule has 0 aliphatic carbocycles. The zero-order chi connectivity index (χ0) is 11.4. The van der Waals surface area contributed by atoms with Crippen LogP contribution in [0.5, 0.6) is 0 Å². The number of esters is 1. The molecule has 0 spiro atoms. The standard InChI is InChI=1S/C8H13F2NO3/c1-11(2)6(12)4-5-8(9,10)7(13)14-3/h4-5H2,1-3H3. The van der Waals surface area contributed by atoms with Gasteiger partial charge in [-0.25, -0.2) is 4.79 Å². The van der Waals surface area contributed by atoms with Gasteiger partial charge in [-0.2, -0.15) is 8.78 Å². The summed E-state index contributed by atoms with van der Waals surface area (Å²) in [6.07, 6.45) is -1.20. The molecular formula is C8H13F2NO3. The molecule has 0 heterocycles. The number of ether oxygens (including phenoxy) is 1. The third-order valence-corrected chi connectivity index (χ3v) is 1.64. The molecule has 0 N–H and O–H groups in total. The summed E-state index contributed by atoms with van der Waals surface area (Å²) in [5, 5.41) is 0. The smallest absolute Gasteiger partial charge is 0.376 e. The molecule has 0 aromatic rings. The van der Waals surface area contributed by atoms with Gasteiger partial charge < -0.3 is 9.64 Å². The predicted molar refractivity (Wildman–Crippen MR) is 44.9 cm³/mol. The topological polar surface area (TPSA) is 46.6 Å². The molecule has 0 saturated carbocycles. The number of amides is 1. The van der Waals surface area contributed by atoms with Gasteiger partial charge in [0.25, 0.3) is 0 Å². The van der Waals surface area contributed by atoms with Crippen LogP contribution in [0, 0.1) is 0 Å². The van der Waals surface area contributed by atoms with Gasteiger partial charge in [0.05, 0.1) is 7.11 Å². The molecule has 0 fully saturated rings. The molecule has 0 rings (SSSR count). The van der Waals surface area contributed by atoms with E-state index in [0.717, 1.165) is 7.11 Å². The monoisotopic (exact) mass is 209 g/mol. The van der Waals surface area contributed by atoms with Crippen molar-refractivity contribution in [2.45, 2.75) is 18.8 Å². The molecule has 0 aromatic carbocycles. The Bertz CT molecular complexity index is 229. The first kappa shape index (κ1) is 12.8. The summed E-state index contributed by atoms with van der Waals surface area (Å²) in [5.41, 5.74) is 0. The van der Waals surface area contributed by atoms with Crippen LogP contribution in [0.3, 0.4) is 0 Å². The molecule has 1 amide bonds. The van der Waals surface area contributed by atoms with Crippen molar-refractivity contribution in [3.8, 4) is 0 Å². The largest absolute Gasteiger partial charge is 0.465 e. The van der Waals surface area contributed by atoms with E-state index in [2.05, 4.69) is 4.74 Å². The van der Waals surface area contributed by atoms with Gasteiger partial charge in [0.2, 0.25) is 5.91 Å². The van der Waals surface area contributed by atoms with E-state index in [0.29, 0.717) is 0 Å². The van der Waals surface area contributed by atoms with Crippen LogP contribution in [0.25, 0.3) is 0 Å². The normalized spacial score (nSPS) is 10.9. The Balaban J connectivity index is 4.12. The van der Waals surface area contributed by atoms with Crippen molar-refractivity contribution >= 4 is 11.9 Å². The summed E-state index contributed by atoms with van der Waals surface area (Å²) in [5.74, 6) is -5.64. The van der Waals surface area contributed by atoms with E-state index in [1.54, 1.807) is 0 Å². The minimum Gasteiger partial charge on any atom is -0.465 e. The van der Waals surface area contributed by atoms with E-state index >= 15 is 0 Å². The molecular weight excluding hydrogens is 196 g/mol. The summed E-state index contributed by atoms with van der Waals surface area (Å²) in [6.45, 7) is 0. The molecule has 4 nitrogen and oxygen atoms in total. The van der Waals surface area contributed by atoms with Crippen LogP contribution >= 0.6 is 0 Å². The van der Waals surface area contributed by atoms with E-state index in [4.69, 9.17) is 0 Å². The second-order valence-corrected chi connectivity index (χ2v) is 2.98. The van der Waals surface area contributed by atoms with Gasteiger partial charge in [0.1, 0.15) is 0 Å². The Morgan fingerprint density at radius 2 is 1.86 bits per heavy atom. The van der Waals surface area contributed by atoms with Crippen LogP contribution in [0.2, 0.25) is 0 Å². The highest BCUT2D eigenvalue weighted by Crippen LogP contribution is 2.22. The third kappa shape index (κ3) is 3.68. The van der Waals surface area contributed by atoms with E-state index in [9.17, 15) is 18.4 Å². The fraction of sp³-hybridized carbons (Fsp3) is 0.750. The van der Waals surface area contributed by atoms with Gasteiger partial charge in [0.15, 0.2) is 0 Å². The van der Waals surface area contributed by atoms with Crippen molar-refractivity contribution in [1.82, 2.24) is 4.90 Å². The van der Waals surface area contributed by atoms with Crippen molar-refractivity contribution < 1.29 is 23.1 Å². The van der Waals surface area contributed by atoms with Crippen molar-refractivity contribution in [3.63, 3.8) is 0 Å². The van der Waals surface area contributed by atoms with Gasteiger partial charge in [-0.15, -0.1) is 0 Å². The lowest BCUT2D eigenvalue weighted by atomic mass is 10.2. The molecule has 6 heteroatoms. The molecule has 14 heavy (non-hydrogen) atoms. The SMILES string of the molecule is COC(=O)C(F)(F)CCC(=O)N(C)C. The van der Waals surface area contributed by atoms with Crippen LogP contribution in [0.4, 0.5) is 8.78 Å². The predicted octanol–water partition coefficient (Wildman–Crippen LogP) is 0.663. The number of carbonyl (C=O) groups is 2. The van der Waals surface area contributed by atoms with Crippen LogP contribution in [-0.2, 0) is 14.3 Å². The fourth-order valence-electron chi connectivity index (χ4n) is 0.739. The number of hydrogen-bond acceptors (Lipinski definition) is 3. The summed E-state index contributed by atoms with van der Waals surface area (Å²) in [4.78, 5) is 22.6. The average Bonchev–Trinajstić information content (AvgIpc) is 2.12. The molecule has 0 aliphatic rings. The van der Waals surface area contributed by atoms with Crippen LogP contribution < -0.4 is 0 Å². The Hall–Kier alpha value is -1.20. The lowest BCUT2D eigenvalue weighted by Gasteiger charge is -2.15. The first-order valence-corrected chi connectivity index (χ1v) is 3.97. The number of alkyl halides is 2. The van der Waals surface area contributed by atoms with Gasteiger partial charge >= 0.3 is 11.9 Å².